The number of nitriles is 1. The molecule has 0 heterocycles. The van der Waals surface area contributed by atoms with Gasteiger partial charge in [-0.15, -0.1) is 0 Å². The largest absolute Gasteiger partial charge is 0.493 e. The van der Waals surface area contributed by atoms with Crippen LogP contribution in [0.3, 0.4) is 0 Å². The number of aryl methyl sites for hydroxylation is 3. The van der Waals surface area contributed by atoms with Gasteiger partial charge in [-0.2, -0.15) is 18.4 Å². The molecule has 0 aromatic heterocycles. The van der Waals surface area contributed by atoms with Gasteiger partial charge in [0.25, 0.3) is 5.91 Å². The van der Waals surface area contributed by atoms with E-state index in [-0.39, 0.29) is 12.2 Å². The summed E-state index contributed by atoms with van der Waals surface area (Å²) >= 11 is 0. The number of hydrogen-bond acceptors (Lipinski definition) is 4. The molecule has 3 aromatic rings. The summed E-state index contributed by atoms with van der Waals surface area (Å²) in [7, 11) is 1.42. The second kappa shape index (κ2) is 11.0. The standard InChI is InChI=1S/C28H25F3N2O3/c1-17-10-18(2)26(19(3)11-17)33-27(34)22(15-32)12-20-8-9-24(25(14-20)35-4)36-16-21-6-5-7-23(13-21)28(29,30)31/h5-14H,16H2,1-4H3,(H,33,34)/b22-12+. The summed E-state index contributed by atoms with van der Waals surface area (Å²) in [6, 6.07) is 15.5. The molecule has 0 unspecified atom stereocenters. The fourth-order valence-corrected chi connectivity index (χ4v) is 3.77. The van der Waals surface area contributed by atoms with E-state index in [4.69, 9.17) is 9.47 Å². The SMILES string of the molecule is COc1cc(/C=C(\C#N)C(=O)Nc2c(C)cc(C)cc2C)ccc1OCc1cccc(C(F)(F)F)c1. The number of hydrogen-bond donors (Lipinski definition) is 1. The molecule has 0 saturated heterocycles. The highest BCUT2D eigenvalue weighted by Gasteiger charge is 2.30. The van der Waals surface area contributed by atoms with E-state index in [1.807, 2.05) is 39.0 Å². The molecule has 1 amide bonds. The lowest BCUT2D eigenvalue weighted by atomic mass is 10.0. The lowest BCUT2D eigenvalue weighted by molar-refractivity contribution is -0.137. The van der Waals surface area contributed by atoms with Crippen molar-refractivity contribution < 1.29 is 27.4 Å². The average Bonchev–Trinajstić information content (AvgIpc) is 2.83. The summed E-state index contributed by atoms with van der Waals surface area (Å²) in [5, 5.41) is 12.4. The topological polar surface area (TPSA) is 71.3 Å². The Morgan fingerprint density at radius 2 is 1.72 bits per heavy atom. The van der Waals surface area contributed by atoms with Gasteiger partial charge in [0.15, 0.2) is 11.5 Å². The number of nitrogens with zero attached hydrogens (tertiary/aromatic N) is 1. The molecule has 0 radical (unpaired) electrons. The zero-order valence-corrected chi connectivity index (χ0v) is 20.3. The van der Waals surface area contributed by atoms with Crippen molar-refractivity contribution >= 4 is 17.7 Å². The molecule has 0 bridgehead atoms. The third-order valence-electron chi connectivity index (χ3n) is 5.43. The molecule has 186 valence electrons. The van der Waals surface area contributed by atoms with Crippen molar-refractivity contribution in [3.63, 3.8) is 0 Å². The van der Waals surface area contributed by atoms with Crippen molar-refractivity contribution in [1.29, 1.82) is 5.26 Å². The van der Waals surface area contributed by atoms with Crippen LogP contribution in [0, 0.1) is 32.1 Å². The minimum absolute atomic E-state index is 0.101. The van der Waals surface area contributed by atoms with Crippen LogP contribution in [0.15, 0.2) is 60.2 Å². The van der Waals surface area contributed by atoms with Crippen LogP contribution in [-0.2, 0) is 17.6 Å². The van der Waals surface area contributed by atoms with Gasteiger partial charge in [-0.3, -0.25) is 4.79 Å². The summed E-state index contributed by atoms with van der Waals surface area (Å²) < 4.78 is 49.9. The molecular formula is C28H25F3N2O3. The van der Waals surface area contributed by atoms with Crippen LogP contribution in [-0.4, -0.2) is 13.0 Å². The van der Waals surface area contributed by atoms with Crippen molar-refractivity contribution in [2.24, 2.45) is 0 Å². The first kappa shape index (κ1) is 26.4. The Morgan fingerprint density at radius 3 is 2.33 bits per heavy atom. The number of carbonyl (C=O) groups excluding carboxylic acids is 1. The van der Waals surface area contributed by atoms with Crippen LogP contribution >= 0.6 is 0 Å². The minimum Gasteiger partial charge on any atom is -0.493 e. The summed E-state index contributed by atoms with van der Waals surface area (Å²) in [4.78, 5) is 12.8. The number of anilines is 1. The molecular weight excluding hydrogens is 469 g/mol. The Labute approximate surface area is 207 Å². The summed E-state index contributed by atoms with van der Waals surface area (Å²) in [6.45, 7) is 5.63. The number of nitrogens with one attached hydrogen (secondary N) is 1. The van der Waals surface area contributed by atoms with Crippen LogP contribution in [0.2, 0.25) is 0 Å². The molecule has 8 heteroatoms. The molecule has 3 rings (SSSR count). The van der Waals surface area contributed by atoms with E-state index in [0.29, 0.717) is 28.3 Å². The summed E-state index contributed by atoms with van der Waals surface area (Å²) in [5.74, 6) is 0.0657. The van der Waals surface area contributed by atoms with E-state index in [9.17, 15) is 23.2 Å². The Bertz CT molecular complexity index is 1330. The maximum Gasteiger partial charge on any atom is 0.416 e. The second-order valence-electron chi connectivity index (χ2n) is 8.29. The molecule has 0 aliphatic carbocycles. The molecule has 3 aromatic carbocycles. The normalized spacial score (nSPS) is 11.6. The number of halogens is 3. The van der Waals surface area contributed by atoms with E-state index in [1.54, 1.807) is 18.2 Å². The Balaban J connectivity index is 1.78. The van der Waals surface area contributed by atoms with Crippen LogP contribution in [0.1, 0.15) is 33.4 Å². The molecule has 5 nitrogen and oxygen atoms in total. The number of methoxy groups -OCH3 is 1. The van der Waals surface area contributed by atoms with Gasteiger partial charge in [-0.25, -0.2) is 0 Å². The smallest absolute Gasteiger partial charge is 0.416 e. The molecule has 0 saturated carbocycles. The summed E-state index contributed by atoms with van der Waals surface area (Å²) in [6.07, 6.45) is -3.02. The third-order valence-corrected chi connectivity index (χ3v) is 5.43. The zero-order chi connectivity index (χ0) is 26.5. The molecule has 0 aliphatic heterocycles. The Kier molecular flexibility index (Phi) is 8.05. The van der Waals surface area contributed by atoms with E-state index in [2.05, 4.69) is 5.32 Å². The average molecular weight is 495 g/mol. The highest BCUT2D eigenvalue weighted by atomic mass is 19.4. The fourth-order valence-electron chi connectivity index (χ4n) is 3.77. The summed E-state index contributed by atoms with van der Waals surface area (Å²) in [5.41, 5.74) is 3.51. The predicted octanol–water partition coefficient (Wildman–Crippen LogP) is 6.76. The Hall–Kier alpha value is -4.25. The number of amides is 1. The van der Waals surface area contributed by atoms with Gasteiger partial charge >= 0.3 is 6.18 Å². The van der Waals surface area contributed by atoms with E-state index < -0.39 is 17.6 Å². The quantitative estimate of drug-likeness (QED) is 0.291. The second-order valence-corrected chi connectivity index (χ2v) is 8.29. The van der Waals surface area contributed by atoms with Crippen molar-refractivity contribution in [2.45, 2.75) is 33.6 Å². The molecule has 0 fully saturated rings. The first-order valence-electron chi connectivity index (χ1n) is 11.0. The Morgan fingerprint density at radius 1 is 1.03 bits per heavy atom. The van der Waals surface area contributed by atoms with Gasteiger partial charge in [0.05, 0.1) is 12.7 Å². The van der Waals surface area contributed by atoms with Gasteiger partial charge in [-0.05, 0) is 73.4 Å². The van der Waals surface area contributed by atoms with Crippen LogP contribution in [0.4, 0.5) is 18.9 Å². The predicted molar refractivity (Wildman–Crippen MR) is 132 cm³/mol. The monoisotopic (exact) mass is 494 g/mol. The number of benzene rings is 3. The van der Waals surface area contributed by atoms with Crippen LogP contribution in [0.5, 0.6) is 11.5 Å². The van der Waals surface area contributed by atoms with Crippen LogP contribution < -0.4 is 14.8 Å². The van der Waals surface area contributed by atoms with Crippen molar-refractivity contribution in [3.8, 4) is 17.6 Å². The molecule has 36 heavy (non-hydrogen) atoms. The first-order valence-corrected chi connectivity index (χ1v) is 11.0. The lowest BCUT2D eigenvalue weighted by Crippen LogP contribution is -2.15. The first-order chi connectivity index (χ1) is 17.0. The highest BCUT2D eigenvalue weighted by Crippen LogP contribution is 2.32. The lowest BCUT2D eigenvalue weighted by Gasteiger charge is -2.13. The molecule has 0 aliphatic rings. The van der Waals surface area contributed by atoms with Crippen molar-refractivity contribution in [2.75, 3.05) is 12.4 Å². The molecule has 0 spiro atoms. The molecule has 1 N–H and O–H groups in total. The zero-order valence-electron chi connectivity index (χ0n) is 20.3. The highest BCUT2D eigenvalue weighted by molar-refractivity contribution is 6.10. The van der Waals surface area contributed by atoms with Gasteiger partial charge in [-0.1, -0.05) is 35.9 Å². The minimum atomic E-state index is -4.44. The van der Waals surface area contributed by atoms with Crippen molar-refractivity contribution in [1.82, 2.24) is 0 Å². The number of carbonyl (C=O) groups is 1. The van der Waals surface area contributed by atoms with E-state index in [1.165, 1.54) is 25.3 Å². The van der Waals surface area contributed by atoms with E-state index in [0.717, 1.165) is 28.8 Å². The molecule has 0 atom stereocenters. The van der Waals surface area contributed by atoms with Crippen LogP contribution in [0.25, 0.3) is 6.08 Å². The van der Waals surface area contributed by atoms with Crippen molar-refractivity contribution in [3.05, 3.63) is 93.6 Å². The van der Waals surface area contributed by atoms with Gasteiger partial charge < -0.3 is 14.8 Å². The van der Waals surface area contributed by atoms with E-state index >= 15 is 0 Å². The van der Waals surface area contributed by atoms with Gasteiger partial charge in [0.2, 0.25) is 0 Å². The van der Waals surface area contributed by atoms with Gasteiger partial charge in [0, 0.05) is 5.69 Å². The maximum atomic E-state index is 12.9. The third kappa shape index (κ3) is 6.45. The number of rotatable bonds is 7. The fraction of sp³-hybridized carbons (Fsp3) is 0.214. The number of alkyl halides is 3. The van der Waals surface area contributed by atoms with Gasteiger partial charge in [0.1, 0.15) is 18.2 Å². The maximum absolute atomic E-state index is 12.9. The number of ether oxygens (including phenoxy) is 2.